The minimum Gasteiger partial charge on any atom is -0.481 e. The fraction of sp³-hybridized carbons (Fsp3) is 0.381. The summed E-state index contributed by atoms with van der Waals surface area (Å²) in [6, 6.07) is 9.47. The Morgan fingerprint density at radius 3 is 2.56 bits per heavy atom. The van der Waals surface area contributed by atoms with E-state index in [1.54, 1.807) is 11.8 Å². The number of aryl methyl sites for hydroxylation is 1. The van der Waals surface area contributed by atoms with Crippen LogP contribution in [0.2, 0.25) is 0 Å². The number of likely N-dealkylation sites (tertiary alicyclic amines) is 1. The number of carbonyl (C=O) groups is 3. The molecule has 1 aliphatic heterocycles. The lowest BCUT2D eigenvalue weighted by Crippen LogP contribution is -2.30. The number of hydrogen-bond acceptors (Lipinski definition) is 3. The van der Waals surface area contributed by atoms with Crippen molar-refractivity contribution in [3.63, 3.8) is 0 Å². The number of carboxylic acids is 1. The Labute approximate surface area is 157 Å². The Hall–Kier alpha value is -2.89. The second-order valence-corrected chi connectivity index (χ2v) is 7.43. The van der Waals surface area contributed by atoms with Crippen LogP contribution in [0.1, 0.15) is 56.4 Å². The minimum absolute atomic E-state index is 0.0797. The van der Waals surface area contributed by atoms with Gasteiger partial charge in [-0.3, -0.25) is 14.4 Å². The van der Waals surface area contributed by atoms with Gasteiger partial charge in [0.1, 0.15) is 5.69 Å². The topological polar surface area (TPSA) is 90.5 Å². The molecule has 1 aromatic carbocycles. The van der Waals surface area contributed by atoms with E-state index in [9.17, 15) is 19.5 Å². The molecule has 0 radical (unpaired) electrons. The second-order valence-electron chi connectivity index (χ2n) is 7.43. The maximum absolute atomic E-state index is 13.1. The van der Waals surface area contributed by atoms with Gasteiger partial charge in [0.05, 0.1) is 5.92 Å². The fourth-order valence-corrected chi connectivity index (χ4v) is 4.40. The van der Waals surface area contributed by atoms with E-state index in [0.717, 1.165) is 24.1 Å². The molecule has 27 heavy (non-hydrogen) atoms. The van der Waals surface area contributed by atoms with Gasteiger partial charge in [-0.1, -0.05) is 30.3 Å². The standard InChI is InChI=1S/C21H22N2O4/c1-12-18-16(8-5-9-17(18)24)22-19(12)20(25)23-10-14(15(11-23)21(26)27)13-6-3-2-4-7-13/h2-4,6-7,14-15,22H,5,8-11H2,1H3,(H,26,27)/t14-,15-/m0/s1. The highest BCUT2D eigenvalue weighted by Gasteiger charge is 2.41. The number of Topliss-reactive ketones (excluding diaryl/α,β-unsaturated/α-hetero) is 1. The summed E-state index contributed by atoms with van der Waals surface area (Å²) in [6.07, 6.45) is 2.07. The van der Waals surface area contributed by atoms with Gasteiger partial charge in [-0.05, 0) is 30.9 Å². The molecular weight excluding hydrogens is 344 g/mol. The van der Waals surface area contributed by atoms with Gasteiger partial charge in [-0.15, -0.1) is 0 Å². The summed E-state index contributed by atoms with van der Waals surface area (Å²) in [5.74, 6) is -1.91. The number of hydrogen-bond donors (Lipinski definition) is 2. The van der Waals surface area contributed by atoms with Gasteiger partial charge < -0.3 is 15.0 Å². The number of rotatable bonds is 3. The first-order valence-corrected chi connectivity index (χ1v) is 9.29. The number of benzene rings is 1. The molecular formula is C21H22N2O4. The Bertz CT molecular complexity index is 916. The number of aromatic amines is 1. The number of nitrogens with zero attached hydrogens (tertiary/aromatic N) is 1. The van der Waals surface area contributed by atoms with E-state index in [1.165, 1.54) is 0 Å². The average molecular weight is 366 g/mol. The van der Waals surface area contributed by atoms with E-state index in [2.05, 4.69) is 4.98 Å². The molecule has 2 atom stereocenters. The third-order valence-corrected chi connectivity index (χ3v) is 5.80. The molecule has 1 saturated heterocycles. The lowest BCUT2D eigenvalue weighted by atomic mass is 9.89. The van der Waals surface area contributed by atoms with Crippen molar-refractivity contribution in [1.29, 1.82) is 0 Å². The molecule has 0 unspecified atom stereocenters. The van der Waals surface area contributed by atoms with Crippen LogP contribution in [0.4, 0.5) is 0 Å². The lowest BCUT2D eigenvalue weighted by molar-refractivity contribution is -0.141. The van der Waals surface area contributed by atoms with Gasteiger partial charge in [-0.25, -0.2) is 0 Å². The van der Waals surface area contributed by atoms with Gasteiger partial charge in [0.15, 0.2) is 5.78 Å². The van der Waals surface area contributed by atoms with Crippen molar-refractivity contribution in [3.05, 3.63) is 58.4 Å². The lowest BCUT2D eigenvalue weighted by Gasteiger charge is -2.16. The van der Waals surface area contributed by atoms with Crippen molar-refractivity contribution >= 4 is 17.7 Å². The fourth-order valence-electron chi connectivity index (χ4n) is 4.40. The summed E-state index contributed by atoms with van der Waals surface area (Å²) in [4.78, 5) is 41.9. The predicted octanol–water partition coefficient (Wildman–Crippen LogP) is 2.78. The van der Waals surface area contributed by atoms with Crippen LogP contribution in [0.25, 0.3) is 0 Å². The average Bonchev–Trinajstić information content (AvgIpc) is 3.25. The number of aromatic nitrogens is 1. The molecule has 6 heteroatoms. The van der Waals surface area contributed by atoms with Crippen molar-refractivity contribution in [2.45, 2.75) is 32.1 Å². The third kappa shape index (κ3) is 2.95. The van der Waals surface area contributed by atoms with Crippen LogP contribution < -0.4 is 0 Å². The molecule has 1 amide bonds. The maximum atomic E-state index is 13.1. The number of ketones is 1. The molecule has 2 N–H and O–H groups in total. The molecule has 0 bridgehead atoms. The van der Waals surface area contributed by atoms with Crippen LogP contribution in [-0.4, -0.2) is 45.7 Å². The van der Waals surface area contributed by atoms with Crippen LogP contribution in [-0.2, 0) is 11.2 Å². The summed E-state index contributed by atoms with van der Waals surface area (Å²) >= 11 is 0. The number of carboxylic acid groups (broad SMARTS) is 1. The Kier molecular flexibility index (Phi) is 4.34. The largest absolute Gasteiger partial charge is 0.481 e. The number of H-pyrrole nitrogens is 1. The molecule has 0 spiro atoms. The number of fused-ring (bicyclic) bond motifs is 1. The van der Waals surface area contributed by atoms with E-state index in [4.69, 9.17) is 0 Å². The predicted molar refractivity (Wildman–Crippen MR) is 99.0 cm³/mol. The van der Waals surface area contributed by atoms with Crippen LogP contribution in [0.3, 0.4) is 0 Å². The quantitative estimate of drug-likeness (QED) is 0.874. The van der Waals surface area contributed by atoms with Crippen LogP contribution in [0.15, 0.2) is 30.3 Å². The SMILES string of the molecule is Cc1c(C(=O)N2C[C@H](C(=O)O)[C@H](c3ccccc3)C2)[nH]c2c1C(=O)CCC2. The Morgan fingerprint density at radius 2 is 1.89 bits per heavy atom. The summed E-state index contributed by atoms with van der Waals surface area (Å²) < 4.78 is 0. The second kappa shape index (κ2) is 6.68. The van der Waals surface area contributed by atoms with Crippen molar-refractivity contribution in [3.8, 4) is 0 Å². The number of amides is 1. The van der Waals surface area contributed by atoms with Crippen molar-refractivity contribution < 1.29 is 19.5 Å². The first-order valence-electron chi connectivity index (χ1n) is 9.29. The molecule has 1 fully saturated rings. The monoisotopic (exact) mass is 366 g/mol. The highest BCUT2D eigenvalue weighted by Crippen LogP contribution is 2.35. The first kappa shape index (κ1) is 17.5. The highest BCUT2D eigenvalue weighted by atomic mass is 16.4. The zero-order valence-electron chi connectivity index (χ0n) is 15.2. The van der Waals surface area contributed by atoms with Gasteiger partial charge in [0.25, 0.3) is 5.91 Å². The third-order valence-electron chi connectivity index (χ3n) is 5.80. The molecule has 140 valence electrons. The van der Waals surface area contributed by atoms with Crippen molar-refractivity contribution in [2.75, 3.05) is 13.1 Å². The van der Waals surface area contributed by atoms with Gasteiger partial charge in [-0.2, -0.15) is 0 Å². The van der Waals surface area contributed by atoms with Crippen LogP contribution >= 0.6 is 0 Å². The molecule has 2 heterocycles. The van der Waals surface area contributed by atoms with Gasteiger partial charge in [0, 0.05) is 36.7 Å². The summed E-state index contributed by atoms with van der Waals surface area (Å²) in [5.41, 5.74) is 3.53. The van der Waals surface area contributed by atoms with Gasteiger partial charge >= 0.3 is 5.97 Å². The Balaban J connectivity index is 1.64. The van der Waals surface area contributed by atoms with Crippen LogP contribution in [0.5, 0.6) is 0 Å². The van der Waals surface area contributed by atoms with Gasteiger partial charge in [0.2, 0.25) is 0 Å². The van der Waals surface area contributed by atoms with E-state index < -0.39 is 11.9 Å². The zero-order chi connectivity index (χ0) is 19.1. The molecule has 2 aliphatic rings. The van der Waals surface area contributed by atoms with E-state index >= 15 is 0 Å². The summed E-state index contributed by atoms with van der Waals surface area (Å²) in [6.45, 7) is 2.33. The number of nitrogens with one attached hydrogen (secondary N) is 1. The van der Waals surface area contributed by atoms with Crippen molar-refractivity contribution in [1.82, 2.24) is 9.88 Å². The number of carbonyl (C=O) groups excluding carboxylic acids is 2. The normalized spacial score (nSPS) is 22.0. The summed E-state index contributed by atoms with van der Waals surface area (Å²) in [5, 5.41) is 9.65. The number of aliphatic carboxylic acids is 1. The zero-order valence-corrected chi connectivity index (χ0v) is 15.2. The first-order chi connectivity index (χ1) is 13.0. The molecule has 4 rings (SSSR count). The smallest absolute Gasteiger partial charge is 0.308 e. The van der Waals surface area contributed by atoms with E-state index in [-0.39, 0.29) is 24.2 Å². The maximum Gasteiger partial charge on any atom is 0.308 e. The molecule has 1 aromatic heterocycles. The molecule has 1 aliphatic carbocycles. The van der Waals surface area contributed by atoms with E-state index in [1.807, 2.05) is 30.3 Å². The molecule has 2 aromatic rings. The Morgan fingerprint density at radius 1 is 1.15 bits per heavy atom. The van der Waals surface area contributed by atoms with Crippen LogP contribution in [0, 0.1) is 12.8 Å². The summed E-state index contributed by atoms with van der Waals surface area (Å²) in [7, 11) is 0. The van der Waals surface area contributed by atoms with Crippen molar-refractivity contribution in [2.24, 2.45) is 5.92 Å². The highest BCUT2D eigenvalue weighted by molar-refractivity contribution is 6.04. The minimum atomic E-state index is -0.892. The molecule has 0 saturated carbocycles. The van der Waals surface area contributed by atoms with E-state index in [0.29, 0.717) is 29.8 Å². The molecule has 6 nitrogen and oxygen atoms in total.